The van der Waals surface area contributed by atoms with Crippen molar-refractivity contribution < 1.29 is 0 Å². The molecular weight excluding hydrogens is 768 g/mol. The average molecular weight is 829 g/mol. The molecule has 0 radical (unpaired) electrons. The third-order valence-electron chi connectivity index (χ3n) is 13.9. The second-order valence-electron chi connectivity index (χ2n) is 22.4. The highest BCUT2D eigenvalue weighted by Crippen LogP contribution is 2.48. The second-order valence-corrected chi connectivity index (χ2v) is 23.5. The van der Waals surface area contributed by atoms with Crippen molar-refractivity contribution in [3.05, 3.63) is 156 Å². The van der Waals surface area contributed by atoms with Crippen molar-refractivity contribution in [1.82, 2.24) is 0 Å². The summed E-state index contributed by atoms with van der Waals surface area (Å²) < 4.78 is 2.67. The highest BCUT2D eigenvalue weighted by atomic mass is 32.1. The fourth-order valence-electron chi connectivity index (χ4n) is 10.1. The van der Waals surface area contributed by atoms with Crippen molar-refractivity contribution in [3.63, 3.8) is 0 Å². The molecule has 0 saturated heterocycles. The molecular formula is C58H61BN2S. The number of hydrogen-bond acceptors (Lipinski definition) is 3. The molecule has 6 aromatic carbocycles. The summed E-state index contributed by atoms with van der Waals surface area (Å²) in [5.74, 6) is 0.491. The highest BCUT2D eigenvalue weighted by Gasteiger charge is 2.45. The summed E-state index contributed by atoms with van der Waals surface area (Å²) in [6.07, 6.45) is 8.44. The van der Waals surface area contributed by atoms with E-state index in [1.54, 1.807) is 0 Å². The summed E-state index contributed by atoms with van der Waals surface area (Å²) >= 11 is 1.89. The number of rotatable bonds is 3. The molecule has 1 aromatic heterocycles. The summed E-state index contributed by atoms with van der Waals surface area (Å²) in [6, 6.07) is 44.9. The lowest BCUT2D eigenvalue weighted by Crippen LogP contribution is -2.62. The Kier molecular flexibility index (Phi) is 9.26. The quantitative estimate of drug-likeness (QED) is 0.164. The monoisotopic (exact) mass is 828 g/mol. The maximum atomic E-state index is 2.63. The van der Waals surface area contributed by atoms with Gasteiger partial charge in [0.2, 0.25) is 0 Å². The minimum absolute atomic E-state index is 0.00289. The molecule has 1 aliphatic carbocycles. The lowest BCUT2D eigenvalue weighted by Gasteiger charge is -2.46. The van der Waals surface area contributed by atoms with Gasteiger partial charge >= 0.3 is 0 Å². The van der Waals surface area contributed by atoms with E-state index in [0.29, 0.717) is 5.92 Å². The number of benzene rings is 6. The second kappa shape index (κ2) is 14.1. The van der Waals surface area contributed by atoms with Crippen LogP contribution < -0.4 is 26.2 Å². The van der Waals surface area contributed by atoms with Crippen LogP contribution >= 0.6 is 11.3 Å². The third-order valence-corrected chi connectivity index (χ3v) is 15.1. The average Bonchev–Trinajstić information content (AvgIpc) is 3.60. The predicted octanol–water partition coefficient (Wildman–Crippen LogP) is 14.9. The maximum Gasteiger partial charge on any atom is 0.252 e. The first-order valence-corrected chi connectivity index (χ1v) is 23.5. The molecule has 0 spiro atoms. The van der Waals surface area contributed by atoms with Gasteiger partial charge in [0.1, 0.15) is 0 Å². The van der Waals surface area contributed by atoms with E-state index in [9.17, 15) is 0 Å². The van der Waals surface area contributed by atoms with E-state index in [0.717, 1.165) is 6.42 Å². The van der Waals surface area contributed by atoms with Crippen LogP contribution in [0, 0.1) is 11.3 Å². The van der Waals surface area contributed by atoms with Crippen LogP contribution in [0.25, 0.3) is 31.3 Å². The molecule has 3 heterocycles. The van der Waals surface area contributed by atoms with Gasteiger partial charge in [0.05, 0.1) is 0 Å². The summed E-state index contributed by atoms with van der Waals surface area (Å²) in [5, 5.41) is 2.67. The number of allylic oxidation sites excluding steroid dienone is 3. The van der Waals surface area contributed by atoms with Gasteiger partial charge in [0.25, 0.3) is 6.71 Å². The van der Waals surface area contributed by atoms with E-state index in [4.69, 9.17) is 0 Å². The first-order valence-electron chi connectivity index (χ1n) is 22.7. The Morgan fingerprint density at radius 1 is 0.516 bits per heavy atom. The minimum atomic E-state index is -0.0882. The Balaban J connectivity index is 1.24. The Morgan fingerprint density at radius 2 is 1.10 bits per heavy atom. The molecule has 3 aliphatic rings. The van der Waals surface area contributed by atoms with Gasteiger partial charge in [-0.2, -0.15) is 0 Å². The van der Waals surface area contributed by atoms with E-state index in [2.05, 4.69) is 226 Å². The lowest BCUT2D eigenvalue weighted by molar-refractivity contribution is 0.293. The SMILES string of the molecule is CC(C)(C)c1ccc2c(c1)N(C1=CCC(C(C)(C)C)C=C1)c1cc(C(C)(C)C)cc3c1B2c1ccc(C(C)(C)C)cc1N3c1cccc(-c2ccc3c(c2)sc2ccccc23)c1. The largest absolute Gasteiger partial charge is 0.312 e. The third kappa shape index (κ3) is 6.76. The molecule has 2 aliphatic heterocycles. The van der Waals surface area contributed by atoms with Crippen molar-refractivity contribution in [2.75, 3.05) is 9.80 Å². The van der Waals surface area contributed by atoms with Gasteiger partial charge in [-0.25, -0.2) is 0 Å². The highest BCUT2D eigenvalue weighted by molar-refractivity contribution is 7.25. The van der Waals surface area contributed by atoms with Crippen LogP contribution in [0.15, 0.2) is 139 Å². The van der Waals surface area contributed by atoms with Crippen LogP contribution in [0.1, 0.15) is 106 Å². The van der Waals surface area contributed by atoms with Crippen molar-refractivity contribution in [1.29, 1.82) is 0 Å². The minimum Gasteiger partial charge on any atom is -0.312 e. The van der Waals surface area contributed by atoms with Gasteiger partial charge in [-0.05, 0) is 133 Å². The Hall–Kier alpha value is -5.32. The molecule has 62 heavy (non-hydrogen) atoms. The van der Waals surface area contributed by atoms with Gasteiger partial charge < -0.3 is 9.80 Å². The van der Waals surface area contributed by atoms with Gasteiger partial charge in [-0.15, -0.1) is 11.3 Å². The normalized spacial score (nSPS) is 16.4. The van der Waals surface area contributed by atoms with E-state index in [1.165, 1.54) is 98.5 Å². The Morgan fingerprint density at radius 3 is 1.71 bits per heavy atom. The molecule has 0 fully saturated rings. The molecule has 312 valence electrons. The zero-order valence-corrected chi connectivity index (χ0v) is 39.7. The zero-order chi connectivity index (χ0) is 43.7. The van der Waals surface area contributed by atoms with Gasteiger partial charge in [0.15, 0.2) is 0 Å². The molecule has 0 amide bonds. The van der Waals surface area contributed by atoms with Crippen LogP contribution in [0.4, 0.5) is 28.4 Å². The number of nitrogens with zero attached hydrogens (tertiary/aromatic N) is 2. The zero-order valence-electron chi connectivity index (χ0n) is 38.9. The fourth-order valence-corrected chi connectivity index (χ4v) is 11.2. The summed E-state index contributed by atoms with van der Waals surface area (Å²) in [6.45, 7) is 28.3. The molecule has 2 nitrogen and oxygen atoms in total. The van der Waals surface area contributed by atoms with E-state index < -0.39 is 0 Å². The predicted molar refractivity (Wildman–Crippen MR) is 274 cm³/mol. The molecule has 0 saturated carbocycles. The van der Waals surface area contributed by atoms with Crippen molar-refractivity contribution in [2.45, 2.75) is 106 Å². The van der Waals surface area contributed by atoms with E-state index >= 15 is 0 Å². The van der Waals surface area contributed by atoms with Crippen LogP contribution in [0.3, 0.4) is 0 Å². The Labute approximate surface area is 375 Å². The molecule has 4 heteroatoms. The molecule has 10 rings (SSSR count). The lowest BCUT2D eigenvalue weighted by atomic mass is 9.33. The first kappa shape index (κ1) is 40.7. The molecule has 0 N–H and O–H groups in total. The molecule has 1 unspecified atom stereocenters. The molecule has 0 bridgehead atoms. The maximum absolute atomic E-state index is 2.63. The molecule has 1 atom stereocenters. The number of fused-ring (bicyclic) bond motifs is 7. The van der Waals surface area contributed by atoms with Crippen LogP contribution in [-0.4, -0.2) is 6.71 Å². The number of thiophene rings is 1. The van der Waals surface area contributed by atoms with E-state index in [-0.39, 0.29) is 28.4 Å². The number of anilines is 5. The van der Waals surface area contributed by atoms with Crippen LogP contribution in [0.2, 0.25) is 0 Å². The van der Waals surface area contributed by atoms with Gasteiger partial charge in [0, 0.05) is 54.3 Å². The van der Waals surface area contributed by atoms with Crippen molar-refractivity contribution in [2.24, 2.45) is 11.3 Å². The summed E-state index contributed by atoms with van der Waals surface area (Å²) in [5.41, 5.74) is 18.3. The van der Waals surface area contributed by atoms with Crippen molar-refractivity contribution in [3.8, 4) is 11.1 Å². The Bertz CT molecular complexity index is 3010. The van der Waals surface area contributed by atoms with Crippen molar-refractivity contribution >= 4 is 83.0 Å². The standard InChI is InChI=1S/C58H61BN2S/c1-55(2,3)38-21-25-42(26-22-38)60-48-32-39(56(4,5)6)23-28-46(48)59-47-29-24-40(57(7,8)9)33-49(47)61(51-35-41(58(10,11)12)34-50(60)54(51)59)43-17-15-16-36(30-43)37-20-27-45-44-18-13-14-19-52(44)62-53(45)31-37/h13-21,23-35,38H,22H2,1-12H3. The smallest absolute Gasteiger partial charge is 0.252 e. The fraction of sp³-hybridized carbons (Fsp3) is 0.310. The summed E-state index contributed by atoms with van der Waals surface area (Å²) in [4.78, 5) is 5.25. The topological polar surface area (TPSA) is 6.48 Å². The summed E-state index contributed by atoms with van der Waals surface area (Å²) in [7, 11) is 0. The number of hydrogen-bond donors (Lipinski definition) is 0. The van der Waals surface area contributed by atoms with Crippen LogP contribution in [0.5, 0.6) is 0 Å². The van der Waals surface area contributed by atoms with Gasteiger partial charge in [-0.1, -0.05) is 162 Å². The van der Waals surface area contributed by atoms with Gasteiger partial charge in [-0.3, -0.25) is 0 Å². The van der Waals surface area contributed by atoms with E-state index in [1.807, 2.05) is 11.3 Å². The molecule has 7 aromatic rings. The first-order chi connectivity index (χ1) is 29.3. The van der Waals surface area contributed by atoms with Crippen LogP contribution in [-0.2, 0) is 16.2 Å².